The number of sulfone groups is 1. The lowest BCUT2D eigenvalue weighted by atomic mass is 10.2. The first-order valence-electron chi connectivity index (χ1n) is 6.20. The number of nitrogens with two attached hydrogens (primary N) is 3. The van der Waals surface area contributed by atoms with E-state index in [0.29, 0.717) is 18.0 Å². The van der Waals surface area contributed by atoms with Gasteiger partial charge in [-0.2, -0.15) is 0 Å². The molecule has 2 heterocycles. The first-order valence-corrected chi connectivity index (χ1v) is 8.84. The van der Waals surface area contributed by atoms with E-state index >= 15 is 0 Å². The second-order valence-corrected chi connectivity index (χ2v) is 8.05. The molecule has 6 N–H and O–H groups in total. The summed E-state index contributed by atoms with van der Waals surface area (Å²) >= 11 is 0.969. The maximum Gasteiger partial charge on any atom is 0.260 e. The van der Waals surface area contributed by atoms with Gasteiger partial charge in [-0.15, -0.1) is 11.3 Å². The number of nitrogens with zero attached hydrogens (tertiary/aromatic N) is 1. The number of primary amides is 2. The van der Waals surface area contributed by atoms with Crippen LogP contribution in [0.5, 0.6) is 0 Å². The highest BCUT2D eigenvalue weighted by Crippen LogP contribution is 2.38. The van der Waals surface area contributed by atoms with Crippen molar-refractivity contribution >= 4 is 43.7 Å². The Balaban J connectivity index is 2.45. The lowest BCUT2D eigenvalue weighted by molar-refractivity contribution is 0.0999. The van der Waals surface area contributed by atoms with E-state index in [2.05, 4.69) is 0 Å². The van der Waals surface area contributed by atoms with E-state index in [0.717, 1.165) is 11.3 Å². The largest absolute Gasteiger partial charge is 0.397 e. The van der Waals surface area contributed by atoms with Crippen LogP contribution >= 0.6 is 11.3 Å². The lowest BCUT2D eigenvalue weighted by Gasteiger charge is -2.21. The Labute approximate surface area is 125 Å². The predicted octanol–water partition coefficient (Wildman–Crippen LogP) is -0.847. The van der Waals surface area contributed by atoms with Crippen LogP contribution in [-0.2, 0) is 9.84 Å². The van der Waals surface area contributed by atoms with Gasteiger partial charge < -0.3 is 22.1 Å². The van der Waals surface area contributed by atoms with Gasteiger partial charge in [-0.1, -0.05) is 0 Å². The van der Waals surface area contributed by atoms with Crippen molar-refractivity contribution in [2.75, 3.05) is 35.2 Å². The molecule has 2 amide bonds. The Morgan fingerprint density at radius 1 is 1.10 bits per heavy atom. The molecule has 0 saturated carbocycles. The number of thiophene rings is 1. The summed E-state index contributed by atoms with van der Waals surface area (Å²) in [4.78, 5) is 24.7. The molecule has 0 aliphatic carbocycles. The smallest absolute Gasteiger partial charge is 0.260 e. The average Bonchev–Trinajstić information content (AvgIpc) is 2.60. The highest BCUT2D eigenvalue weighted by molar-refractivity contribution is 7.91. The minimum absolute atomic E-state index is 0.0189. The average molecular weight is 332 g/mol. The van der Waals surface area contributed by atoms with E-state index in [9.17, 15) is 18.0 Å². The molecule has 0 atom stereocenters. The molecule has 21 heavy (non-hydrogen) atoms. The normalized spacial score (nSPS) is 18.2. The number of nitrogen functional groups attached to an aromatic ring is 1. The molecule has 1 fully saturated rings. The molecular weight excluding hydrogens is 316 g/mol. The van der Waals surface area contributed by atoms with E-state index < -0.39 is 21.7 Å². The molecule has 0 spiro atoms. The highest BCUT2D eigenvalue weighted by atomic mass is 32.2. The summed E-state index contributed by atoms with van der Waals surface area (Å²) in [5.41, 5.74) is 16.3. The minimum atomic E-state index is -3.09. The number of amides is 2. The Morgan fingerprint density at radius 2 is 1.76 bits per heavy atom. The van der Waals surface area contributed by atoms with Gasteiger partial charge in [0.2, 0.25) is 0 Å². The van der Waals surface area contributed by atoms with Gasteiger partial charge in [0.1, 0.15) is 9.88 Å². The Morgan fingerprint density at radius 3 is 2.33 bits per heavy atom. The van der Waals surface area contributed by atoms with Gasteiger partial charge in [0.05, 0.1) is 22.8 Å². The number of hydrogen-bond acceptors (Lipinski definition) is 7. The monoisotopic (exact) mass is 332 g/mol. The fraction of sp³-hybridized carbons (Fsp3) is 0.455. The molecule has 10 heteroatoms. The number of carbonyl (C=O) groups is 2. The van der Waals surface area contributed by atoms with E-state index in [4.69, 9.17) is 17.2 Å². The zero-order valence-electron chi connectivity index (χ0n) is 11.2. The van der Waals surface area contributed by atoms with Gasteiger partial charge in [0.15, 0.2) is 9.84 Å². The molecule has 2 rings (SSSR count). The molecule has 0 bridgehead atoms. The maximum absolute atomic E-state index is 11.6. The van der Waals surface area contributed by atoms with Gasteiger partial charge in [-0.05, 0) is 6.42 Å². The van der Waals surface area contributed by atoms with Crippen LogP contribution in [0.25, 0.3) is 0 Å². The first-order chi connectivity index (χ1) is 9.73. The van der Waals surface area contributed by atoms with Crippen molar-refractivity contribution in [2.24, 2.45) is 11.5 Å². The van der Waals surface area contributed by atoms with Crippen LogP contribution in [0.3, 0.4) is 0 Å². The van der Waals surface area contributed by atoms with Gasteiger partial charge in [-0.3, -0.25) is 9.59 Å². The third kappa shape index (κ3) is 3.10. The molecule has 0 unspecified atom stereocenters. The van der Waals surface area contributed by atoms with Crippen molar-refractivity contribution in [1.29, 1.82) is 0 Å². The van der Waals surface area contributed by atoms with Crippen LogP contribution < -0.4 is 22.1 Å². The topological polar surface area (TPSA) is 150 Å². The summed E-state index contributed by atoms with van der Waals surface area (Å²) in [5, 5.41) is 0.408. The number of hydrogen-bond donors (Lipinski definition) is 3. The summed E-state index contributed by atoms with van der Waals surface area (Å²) in [6, 6.07) is 0. The van der Waals surface area contributed by atoms with Crippen molar-refractivity contribution in [3.63, 3.8) is 0 Å². The van der Waals surface area contributed by atoms with E-state index in [1.54, 1.807) is 4.90 Å². The summed E-state index contributed by atoms with van der Waals surface area (Å²) in [6.45, 7) is 0.665. The summed E-state index contributed by atoms with van der Waals surface area (Å²) in [7, 11) is -3.09. The number of rotatable bonds is 3. The van der Waals surface area contributed by atoms with Gasteiger partial charge in [0.25, 0.3) is 11.8 Å². The zero-order valence-corrected chi connectivity index (χ0v) is 12.8. The Kier molecular flexibility index (Phi) is 4.10. The third-order valence-corrected chi connectivity index (χ3v) is 6.24. The lowest BCUT2D eigenvalue weighted by Crippen LogP contribution is -2.28. The molecule has 1 saturated heterocycles. The van der Waals surface area contributed by atoms with Crippen molar-refractivity contribution in [2.45, 2.75) is 6.42 Å². The van der Waals surface area contributed by atoms with Gasteiger partial charge >= 0.3 is 0 Å². The minimum Gasteiger partial charge on any atom is -0.397 e. The van der Waals surface area contributed by atoms with Crippen molar-refractivity contribution < 1.29 is 18.0 Å². The fourth-order valence-electron chi connectivity index (χ4n) is 2.22. The van der Waals surface area contributed by atoms with Crippen LogP contribution in [0, 0.1) is 0 Å². The fourth-order valence-corrected chi connectivity index (χ4v) is 4.62. The second kappa shape index (κ2) is 5.53. The van der Waals surface area contributed by atoms with Crippen molar-refractivity contribution in [3.05, 3.63) is 10.4 Å². The zero-order chi connectivity index (χ0) is 15.8. The quantitative estimate of drug-likeness (QED) is 0.656. The standard InChI is InChI=1S/C11H16N4O4S2/c12-7-6(9(13)16)11(20-8(7)10(14)17)15-2-1-4-21(18,19)5-3-15/h1-5,12H2,(H2,13,16)(H2,14,17). The summed E-state index contributed by atoms with van der Waals surface area (Å²) in [5.74, 6) is -1.43. The van der Waals surface area contributed by atoms with Crippen LogP contribution in [0.4, 0.5) is 10.7 Å². The molecule has 116 valence electrons. The molecule has 8 nitrogen and oxygen atoms in total. The Hall–Kier alpha value is -1.81. The summed E-state index contributed by atoms with van der Waals surface area (Å²) in [6.07, 6.45) is 0.435. The van der Waals surface area contributed by atoms with Crippen molar-refractivity contribution in [1.82, 2.24) is 0 Å². The van der Waals surface area contributed by atoms with Crippen LogP contribution in [0.2, 0.25) is 0 Å². The van der Waals surface area contributed by atoms with Gasteiger partial charge in [0, 0.05) is 13.1 Å². The molecule has 1 aliphatic heterocycles. The van der Waals surface area contributed by atoms with Gasteiger partial charge in [-0.25, -0.2) is 8.42 Å². The second-order valence-electron chi connectivity index (χ2n) is 4.75. The summed E-state index contributed by atoms with van der Waals surface area (Å²) < 4.78 is 23.3. The predicted molar refractivity (Wildman–Crippen MR) is 81.3 cm³/mol. The molecule has 0 aromatic carbocycles. The Bertz CT molecular complexity index is 695. The highest BCUT2D eigenvalue weighted by Gasteiger charge is 2.28. The third-order valence-electron chi connectivity index (χ3n) is 3.24. The van der Waals surface area contributed by atoms with Crippen LogP contribution in [-0.4, -0.2) is 44.8 Å². The van der Waals surface area contributed by atoms with Crippen LogP contribution in [0.1, 0.15) is 26.5 Å². The van der Waals surface area contributed by atoms with E-state index in [-0.39, 0.29) is 34.2 Å². The maximum atomic E-state index is 11.6. The van der Waals surface area contributed by atoms with E-state index in [1.165, 1.54) is 0 Å². The SMILES string of the molecule is NC(=O)c1sc(N2CCCS(=O)(=O)CC2)c(C(N)=O)c1N. The molecule has 1 aliphatic rings. The van der Waals surface area contributed by atoms with E-state index in [1.807, 2.05) is 0 Å². The number of anilines is 2. The first kappa shape index (κ1) is 15.6. The number of carbonyl (C=O) groups excluding carboxylic acids is 2. The molecule has 1 aromatic heterocycles. The molecule has 1 aromatic rings. The van der Waals surface area contributed by atoms with Crippen LogP contribution in [0.15, 0.2) is 0 Å². The van der Waals surface area contributed by atoms with Crippen molar-refractivity contribution in [3.8, 4) is 0 Å². The molecular formula is C11H16N4O4S2. The molecule has 0 radical (unpaired) electrons.